The van der Waals surface area contributed by atoms with E-state index in [4.69, 9.17) is 4.74 Å². The monoisotopic (exact) mass is 474 g/mol. The summed E-state index contributed by atoms with van der Waals surface area (Å²) in [5.41, 5.74) is 5.59. The van der Waals surface area contributed by atoms with Gasteiger partial charge >= 0.3 is 0 Å². The number of rotatable bonds is 3. The molecule has 0 aliphatic heterocycles. The summed E-state index contributed by atoms with van der Waals surface area (Å²) in [5.74, 6) is -0.422. The van der Waals surface area contributed by atoms with Crippen LogP contribution < -0.4 is 15.6 Å². The summed E-state index contributed by atoms with van der Waals surface area (Å²) < 4.78 is 6.67. The molecule has 22 heavy (non-hydrogen) atoms. The molecule has 0 saturated carbocycles. The van der Waals surface area contributed by atoms with Crippen molar-refractivity contribution in [2.75, 3.05) is 7.11 Å². The number of halogens is 2. The van der Waals surface area contributed by atoms with Crippen LogP contribution in [-0.4, -0.2) is 18.9 Å². The van der Waals surface area contributed by atoms with Gasteiger partial charge in [0.2, 0.25) is 0 Å². The van der Waals surface area contributed by atoms with Gasteiger partial charge in [-0.25, -0.2) is 0 Å². The molecule has 0 saturated heterocycles. The fourth-order valence-corrected chi connectivity index (χ4v) is 2.74. The Hall–Kier alpha value is -1.61. The van der Waals surface area contributed by atoms with Crippen LogP contribution in [0.2, 0.25) is 0 Å². The van der Waals surface area contributed by atoms with Crippen molar-refractivity contribution in [3.63, 3.8) is 0 Å². The van der Waals surface area contributed by atoms with Crippen molar-refractivity contribution in [3.8, 4) is 5.75 Å². The predicted molar refractivity (Wildman–Crippen MR) is 94.8 cm³/mol. The number of methoxy groups -OCH3 is 1. The number of ether oxygens (including phenoxy) is 1. The number of carbonyl (C=O) groups excluding carboxylic acids is 2. The van der Waals surface area contributed by atoms with Gasteiger partial charge in [0.05, 0.1) is 18.2 Å². The molecule has 0 atom stereocenters. The zero-order valence-electron chi connectivity index (χ0n) is 11.5. The Bertz CT molecular complexity index is 722. The maximum atomic E-state index is 12.2. The molecule has 2 rings (SSSR count). The van der Waals surface area contributed by atoms with Crippen LogP contribution in [0.5, 0.6) is 5.75 Å². The summed E-state index contributed by atoms with van der Waals surface area (Å²) in [5, 5.41) is 0. The molecule has 2 amide bonds. The van der Waals surface area contributed by atoms with E-state index in [1.54, 1.807) is 30.3 Å². The van der Waals surface area contributed by atoms with Crippen LogP contribution in [0, 0.1) is 3.57 Å². The molecule has 7 heteroatoms. The fourth-order valence-electron chi connectivity index (χ4n) is 1.75. The van der Waals surface area contributed by atoms with E-state index in [0.717, 1.165) is 8.04 Å². The lowest BCUT2D eigenvalue weighted by molar-refractivity contribution is 0.0844. The molecule has 0 spiro atoms. The molecule has 0 bridgehead atoms. The molecule has 0 fully saturated rings. The molecule has 5 nitrogen and oxygen atoms in total. The van der Waals surface area contributed by atoms with E-state index in [1.165, 1.54) is 7.11 Å². The first-order chi connectivity index (χ1) is 10.5. The third kappa shape index (κ3) is 3.98. The zero-order valence-corrected chi connectivity index (χ0v) is 15.3. The average molecular weight is 475 g/mol. The van der Waals surface area contributed by atoms with Crippen LogP contribution in [0.15, 0.2) is 46.9 Å². The standard InChI is InChI=1S/C15H12BrIN2O3/c1-22-13-7-6-9(16)8-11(13)15(21)19-18-14(20)10-4-2-3-5-12(10)17/h2-8H,1H3,(H,18,20)(H,19,21). The van der Waals surface area contributed by atoms with Crippen LogP contribution in [0.1, 0.15) is 20.7 Å². The molecular formula is C15H12BrIN2O3. The van der Waals surface area contributed by atoms with Crippen LogP contribution in [-0.2, 0) is 0 Å². The van der Waals surface area contributed by atoms with E-state index < -0.39 is 5.91 Å². The smallest absolute Gasteiger partial charge is 0.273 e. The molecule has 0 aromatic heterocycles. The van der Waals surface area contributed by atoms with E-state index in [2.05, 4.69) is 49.4 Å². The first kappa shape index (κ1) is 16.8. The van der Waals surface area contributed by atoms with E-state index in [9.17, 15) is 9.59 Å². The molecule has 2 aromatic carbocycles. The molecule has 0 aliphatic carbocycles. The average Bonchev–Trinajstić information content (AvgIpc) is 2.52. The van der Waals surface area contributed by atoms with Gasteiger partial charge in [-0.1, -0.05) is 28.1 Å². The minimum absolute atomic E-state index is 0.319. The van der Waals surface area contributed by atoms with Crippen LogP contribution >= 0.6 is 38.5 Å². The van der Waals surface area contributed by atoms with Crippen LogP contribution in [0.4, 0.5) is 0 Å². The Balaban J connectivity index is 2.09. The molecule has 0 unspecified atom stereocenters. The van der Waals surface area contributed by atoms with E-state index in [1.807, 2.05) is 12.1 Å². The number of amides is 2. The topological polar surface area (TPSA) is 67.4 Å². The van der Waals surface area contributed by atoms with Gasteiger partial charge in [-0.05, 0) is 52.9 Å². The molecule has 0 aliphatic rings. The largest absolute Gasteiger partial charge is 0.496 e. The fraction of sp³-hybridized carbons (Fsp3) is 0.0667. The maximum absolute atomic E-state index is 12.2. The number of hydrazine groups is 1. The van der Waals surface area contributed by atoms with E-state index in [-0.39, 0.29) is 5.91 Å². The minimum Gasteiger partial charge on any atom is -0.496 e. The van der Waals surface area contributed by atoms with Crippen molar-refractivity contribution in [1.82, 2.24) is 10.9 Å². The maximum Gasteiger partial charge on any atom is 0.273 e. The molecule has 2 N–H and O–H groups in total. The normalized spacial score (nSPS) is 9.95. The molecule has 0 radical (unpaired) electrons. The molecule has 114 valence electrons. The summed E-state index contributed by atoms with van der Waals surface area (Å²) in [7, 11) is 1.48. The molecule has 2 aromatic rings. The Kier molecular flexibility index (Phi) is 5.78. The van der Waals surface area contributed by atoms with Gasteiger partial charge in [-0.3, -0.25) is 20.4 Å². The summed E-state index contributed by atoms with van der Waals surface area (Å²) in [6.45, 7) is 0. The highest BCUT2D eigenvalue weighted by Gasteiger charge is 2.15. The van der Waals surface area contributed by atoms with Crippen molar-refractivity contribution < 1.29 is 14.3 Å². The zero-order chi connectivity index (χ0) is 16.1. The van der Waals surface area contributed by atoms with Gasteiger partial charge in [-0.15, -0.1) is 0 Å². The Morgan fingerprint density at radius 2 is 1.68 bits per heavy atom. The first-order valence-electron chi connectivity index (χ1n) is 6.21. The third-order valence-corrected chi connectivity index (χ3v) is 4.25. The third-order valence-electron chi connectivity index (χ3n) is 2.81. The van der Waals surface area contributed by atoms with Crippen LogP contribution in [0.3, 0.4) is 0 Å². The number of carbonyl (C=O) groups is 2. The van der Waals surface area contributed by atoms with Gasteiger partial charge in [0.25, 0.3) is 11.8 Å². The van der Waals surface area contributed by atoms with Gasteiger partial charge < -0.3 is 4.74 Å². The van der Waals surface area contributed by atoms with Crippen molar-refractivity contribution in [2.45, 2.75) is 0 Å². The lowest BCUT2D eigenvalue weighted by atomic mass is 10.2. The summed E-state index contributed by atoms with van der Waals surface area (Å²) in [6, 6.07) is 12.1. The van der Waals surface area contributed by atoms with Crippen LogP contribution in [0.25, 0.3) is 0 Å². The predicted octanol–water partition coefficient (Wildman–Crippen LogP) is 3.14. The summed E-state index contributed by atoms with van der Waals surface area (Å²) in [4.78, 5) is 24.2. The van der Waals surface area contributed by atoms with E-state index >= 15 is 0 Å². The highest BCUT2D eigenvalue weighted by Crippen LogP contribution is 2.22. The first-order valence-corrected chi connectivity index (χ1v) is 8.09. The van der Waals surface area contributed by atoms with Gasteiger partial charge in [0.1, 0.15) is 5.75 Å². The number of benzene rings is 2. The minimum atomic E-state index is -0.461. The Morgan fingerprint density at radius 3 is 2.32 bits per heavy atom. The highest BCUT2D eigenvalue weighted by atomic mass is 127. The lowest BCUT2D eigenvalue weighted by Crippen LogP contribution is -2.42. The lowest BCUT2D eigenvalue weighted by Gasteiger charge is -2.11. The SMILES string of the molecule is COc1ccc(Br)cc1C(=O)NNC(=O)c1ccccc1I. The second-order valence-corrected chi connectivity index (χ2v) is 6.31. The second-order valence-electron chi connectivity index (χ2n) is 4.23. The second kappa shape index (κ2) is 7.59. The molecular weight excluding hydrogens is 463 g/mol. The van der Waals surface area contributed by atoms with Crippen molar-refractivity contribution in [1.29, 1.82) is 0 Å². The number of hydrogen-bond donors (Lipinski definition) is 2. The van der Waals surface area contributed by atoms with Gasteiger partial charge in [0, 0.05) is 8.04 Å². The van der Waals surface area contributed by atoms with Crippen molar-refractivity contribution >= 4 is 50.3 Å². The quantitative estimate of drug-likeness (QED) is 0.530. The van der Waals surface area contributed by atoms with Gasteiger partial charge in [-0.2, -0.15) is 0 Å². The van der Waals surface area contributed by atoms with Crippen molar-refractivity contribution in [3.05, 3.63) is 61.6 Å². The van der Waals surface area contributed by atoms with Crippen molar-refractivity contribution in [2.24, 2.45) is 0 Å². The van der Waals surface area contributed by atoms with Gasteiger partial charge in [0.15, 0.2) is 0 Å². The van der Waals surface area contributed by atoms with E-state index in [0.29, 0.717) is 16.9 Å². The number of hydrogen-bond acceptors (Lipinski definition) is 3. The molecule has 0 heterocycles. The highest BCUT2D eigenvalue weighted by molar-refractivity contribution is 14.1. The summed E-state index contributed by atoms with van der Waals surface area (Å²) >= 11 is 5.36. The summed E-state index contributed by atoms with van der Waals surface area (Å²) in [6.07, 6.45) is 0. The Morgan fingerprint density at radius 1 is 1.05 bits per heavy atom. The Labute approximate surface area is 149 Å². The number of nitrogens with one attached hydrogen (secondary N) is 2.